The van der Waals surface area contributed by atoms with Gasteiger partial charge >= 0.3 is 6.18 Å². The minimum Gasteiger partial charge on any atom is -0.351 e. The second-order valence-corrected chi connectivity index (χ2v) is 6.56. The molecule has 0 radical (unpaired) electrons. The van der Waals surface area contributed by atoms with E-state index >= 15 is 0 Å². The van der Waals surface area contributed by atoms with Crippen LogP contribution in [0.3, 0.4) is 0 Å². The van der Waals surface area contributed by atoms with Crippen molar-refractivity contribution < 1.29 is 22.4 Å². The molecule has 2 aromatic rings. The topological polar surface area (TPSA) is 29.1 Å². The van der Waals surface area contributed by atoms with E-state index in [1.54, 1.807) is 6.07 Å². The van der Waals surface area contributed by atoms with Gasteiger partial charge in [-0.3, -0.25) is 4.79 Å². The summed E-state index contributed by atoms with van der Waals surface area (Å²) in [6.07, 6.45) is -4.42. The van der Waals surface area contributed by atoms with Crippen LogP contribution < -0.4 is 5.32 Å². The Hall–Kier alpha value is -1.73. The third-order valence-electron chi connectivity index (χ3n) is 3.29. The number of hydrogen-bond donors (Lipinski definition) is 1. The third-order valence-corrected chi connectivity index (χ3v) is 4.60. The number of carbonyl (C=O) groups is 1. The number of halogens is 5. The Morgan fingerprint density at radius 1 is 1.16 bits per heavy atom. The predicted molar refractivity (Wildman–Crippen MR) is 90.9 cm³/mol. The van der Waals surface area contributed by atoms with Crippen molar-refractivity contribution in [3.8, 4) is 0 Å². The number of rotatable bonds is 6. The molecule has 1 N–H and O–H groups in total. The van der Waals surface area contributed by atoms with Gasteiger partial charge in [-0.15, -0.1) is 11.8 Å². The van der Waals surface area contributed by atoms with Crippen LogP contribution in [0.15, 0.2) is 42.5 Å². The quantitative estimate of drug-likeness (QED) is 0.698. The van der Waals surface area contributed by atoms with Gasteiger partial charge in [0.1, 0.15) is 5.82 Å². The Balaban J connectivity index is 1.81. The first-order chi connectivity index (χ1) is 11.8. The molecule has 0 saturated heterocycles. The molecule has 0 bridgehead atoms. The zero-order valence-electron chi connectivity index (χ0n) is 12.9. The molecule has 1 amide bonds. The molecule has 0 aliphatic carbocycles. The highest BCUT2D eigenvalue weighted by Gasteiger charge is 2.30. The third kappa shape index (κ3) is 5.93. The van der Waals surface area contributed by atoms with E-state index in [0.29, 0.717) is 11.1 Å². The predicted octanol–water partition coefficient (Wildman–Crippen LogP) is 5.05. The van der Waals surface area contributed by atoms with Crippen LogP contribution in [0.25, 0.3) is 0 Å². The second kappa shape index (κ2) is 8.58. The van der Waals surface area contributed by atoms with Gasteiger partial charge < -0.3 is 5.32 Å². The van der Waals surface area contributed by atoms with E-state index in [0.717, 1.165) is 12.1 Å². The molecular weight excluding hydrogens is 378 g/mol. The number of carbonyl (C=O) groups excluding carboxylic acids is 1. The maximum atomic E-state index is 13.6. The zero-order valence-corrected chi connectivity index (χ0v) is 14.4. The molecule has 2 rings (SSSR count). The molecule has 0 aliphatic rings. The van der Waals surface area contributed by atoms with Crippen molar-refractivity contribution in [1.82, 2.24) is 5.32 Å². The molecule has 2 aromatic carbocycles. The van der Waals surface area contributed by atoms with E-state index in [1.165, 1.54) is 36.0 Å². The highest BCUT2D eigenvalue weighted by Crippen LogP contribution is 2.29. The number of benzene rings is 2. The number of alkyl halides is 3. The molecule has 25 heavy (non-hydrogen) atoms. The first kappa shape index (κ1) is 19.6. The highest BCUT2D eigenvalue weighted by molar-refractivity contribution is 7.99. The lowest BCUT2D eigenvalue weighted by Crippen LogP contribution is -2.24. The summed E-state index contributed by atoms with van der Waals surface area (Å²) >= 11 is 7.06. The van der Waals surface area contributed by atoms with Crippen LogP contribution in [-0.2, 0) is 23.3 Å². The van der Waals surface area contributed by atoms with E-state index in [1.807, 2.05) is 0 Å². The van der Waals surface area contributed by atoms with E-state index in [-0.39, 0.29) is 29.0 Å². The minimum atomic E-state index is -4.42. The lowest BCUT2D eigenvalue weighted by molar-refractivity contribution is -0.137. The van der Waals surface area contributed by atoms with Gasteiger partial charge in [0, 0.05) is 22.9 Å². The van der Waals surface area contributed by atoms with Gasteiger partial charge in [-0.25, -0.2) is 4.39 Å². The van der Waals surface area contributed by atoms with Gasteiger partial charge in [0.2, 0.25) is 5.91 Å². The molecule has 0 aliphatic heterocycles. The molecule has 8 heteroatoms. The smallest absolute Gasteiger partial charge is 0.351 e. The summed E-state index contributed by atoms with van der Waals surface area (Å²) in [5.74, 6) is -0.522. The normalized spacial score (nSPS) is 11.4. The van der Waals surface area contributed by atoms with Gasteiger partial charge in [0.25, 0.3) is 0 Å². The molecule has 134 valence electrons. The molecule has 0 saturated carbocycles. The van der Waals surface area contributed by atoms with Crippen LogP contribution in [-0.4, -0.2) is 11.7 Å². The van der Waals surface area contributed by atoms with Crippen LogP contribution in [0.4, 0.5) is 17.6 Å². The van der Waals surface area contributed by atoms with Gasteiger partial charge in [0.15, 0.2) is 0 Å². The summed E-state index contributed by atoms with van der Waals surface area (Å²) in [4.78, 5) is 11.8. The van der Waals surface area contributed by atoms with Crippen molar-refractivity contribution in [3.63, 3.8) is 0 Å². The fourth-order valence-corrected chi connectivity index (χ4v) is 3.22. The fraction of sp³-hybridized carbons (Fsp3) is 0.235. The van der Waals surface area contributed by atoms with Crippen molar-refractivity contribution in [1.29, 1.82) is 0 Å². The summed E-state index contributed by atoms with van der Waals surface area (Å²) in [7, 11) is 0. The van der Waals surface area contributed by atoms with Crippen molar-refractivity contribution in [2.24, 2.45) is 0 Å². The van der Waals surface area contributed by atoms with Crippen molar-refractivity contribution in [2.75, 3.05) is 5.75 Å². The summed E-state index contributed by atoms with van der Waals surface area (Å²) in [5.41, 5.74) is -0.0898. The standard InChI is InChI=1S/C17H14ClF4NOS/c18-14-5-2-6-15(19)13(14)9-25-10-16(24)23-8-11-3-1-4-12(7-11)17(20,21)22/h1-7H,8-10H2,(H,23,24). The first-order valence-electron chi connectivity index (χ1n) is 7.21. The Kier molecular flexibility index (Phi) is 6.72. The monoisotopic (exact) mass is 391 g/mol. The Labute approximate surface area is 151 Å². The van der Waals surface area contributed by atoms with Gasteiger partial charge in [-0.1, -0.05) is 29.8 Å². The fourth-order valence-electron chi connectivity index (χ4n) is 2.03. The lowest BCUT2D eigenvalue weighted by atomic mass is 10.1. The Morgan fingerprint density at radius 2 is 1.88 bits per heavy atom. The Morgan fingerprint density at radius 3 is 2.56 bits per heavy atom. The van der Waals surface area contributed by atoms with Crippen LogP contribution in [0.5, 0.6) is 0 Å². The average Bonchev–Trinajstić information content (AvgIpc) is 2.55. The van der Waals surface area contributed by atoms with Gasteiger partial charge in [0.05, 0.1) is 11.3 Å². The largest absolute Gasteiger partial charge is 0.416 e. The number of hydrogen-bond acceptors (Lipinski definition) is 2. The van der Waals surface area contributed by atoms with E-state index in [9.17, 15) is 22.4 Å². The van der Waals surface area contributed by atoms with Gasteiger partial charge in [-0.2, -0.15) is 13.2 Å². The molecule has 2 nitrogen and oxygen atoms in total. The van der Waals surface area contributed by atoms with Gasteiger partial charge in [-0.05, 0) is 29.8 Å². The first-order valence-corrected chi connectivity index (χ1v) is 8.74. The summed E-state index contributed by atoms with van der Waals surface area (Å²) in [6.45, 7) is -0.0102. The summed E-state index contributed by atoms with van der Waals surface area (Å²) < 4.78 is 51.5. The van der Waals surface area contributed by atoms with Crippen LogP contribution in [0.2, 0.25) is 5.02 Å². The molecule has 0 aromatic heterocycles. The summed E-state index contributed by atoms with van der Waals surface area (Å²) in [5, 5.41) is 2.83. The molecule has 0 atom stereocenters. The average molecular weight is 392 g/mol. The number of nitrogens with one attached hydrogen (secondary N) is 1. The molecule has 0 unspecified atom stereocenters. The number of thioether (sulfide) groups is 1. The number of amides is 1. The lowest BCUT2D eigenvalue weighted by Gasteiger charge is -2.10. The zero-order chi connectivity index (χ0) is 18.4. The van der Waals surface area contributed by atoms with Crippen molar-refractivity contribution >= 4 is 29.3 Å². The Bertz CT molecular complexity index is 731. The molecular formula is C17H14ClF4NOS. The van der Waals surface area contributed by atoms with E-state index < -0.39 is 17.6 Å². The maximum absolute atomic E-state index is 13.6. The maximum Gasteiger partial charge on any atom is 0.416 e. The van der Waals surface area contributed by atoms with Crippen LogP contribution in [0.1, 0.15) is 16.7 Å². The molecule has 0 fully saturated rings. The van der Waals surface area contributed by atoms with Crippen molar-refractivity contribution in [3.05, 3.63) is 70.0 Å². The summed E-state index contributed by atoms with van der Waals surface area (Å²) in [6, 6.07) is 9.10. The second-order valence-electron chi connectivity index (χ2n) is 5.17. The SMILES string of the molecule is O=C(CSCc1c(F)cccc1Cl)NCc1cccc(C(F)(F)F)c1. The molecule has 0 heterocycles. The minimum absolute atomic E-state index is 0.0102. The van der Waals surface area contributed by atoms with Crippen LogP contribution >= 0.6 is 23.4 Å². The molecule has 0 spiro atoms. The highest BCUT2D eigenvalue weighted by atomic mass is 35.5. The van der Waals surface area contributed by atoms with Crippen molar-refractivity contribution in [2.45, 2.75) is 18.5 Å². The van der Waals surface area contributed by atoms with Crippen LogP contribution in [0, 0.1) is 5.82 Å². The van der Waals surface area contributed by atoms with E-state index in [2.05, 4.69) is 5.32 Å². The van der Waals surface area contributed by atoms with E-state index in [4.69, 9.17) is 11.6 Å².